The zero-order chi connectivity index (χ0) is 15.2. The Kier molecular flexibility index (Phi) is 6.10. The van der Waals surface area contributed by atoms with Gasteiger partial charge in [0.1, 0.15) is 0 Å². The molecule has 0 spiro atoms. The molecule has 0 aromatic heterocycles. The van der Waals surface area contributed by atoms with Gasteiger partial charge in [0, 0.05) is 16.1 Å². The van der Waals surface area contributed by atoms with E-state index < -0.39 is 0 Å². The van der Waals surface area contributed by atoms with E-state index in [0.29, 0.717) is 0 Å². The summed E-state index contributed by atoms with van der Waals surface area (Å²) < 4.78 is 0. The normalized spacial score (nSPS) is 12.4. The van der Waals surface area contributed by atoms with Gasteiger partial charge in [-0.2, -0.15) is 0 Å². The van der Waals surface area contributed by atoms with E-state index >= 15 is 0 Å². The maximum absolute atomic E-state index is 6.31. The Hall–Kier alpha value is -1.02. The Bertz CT molecular complexity index is 596. The molecule has 0 amide bonds. The molecule has 1 atom stereocenters. The van der Waals surface area contributed by atoms with Crippen LogP contribution >= 0.6 is 23.2 Å². The van der Waals surface area contributed by atoms with E-state index in [4.69, 9.17) is 23.2 Å². The molecule has 0 bridgehead atoms. The molecule has 21 heavy (non-hydrogen) atoms. The van der Waals surface area contributed by atoms with Crippen molar-refractivity contribution in [3.05, 3.63) is 69.2 Å². The summed E-state index contributed by atoms with van der Waals surface area (Å²) in [6.07, 6.45) is 1.96. The average molecular weight is 322 g/mol. The van der Waals surface area contributed by atoms with Gasteiger partial charge in [0.05, 0.1) is 0 Å². The smallest absolute Gasteiger partial charge is 0.0438 e. The third kappa shape index (κ3) is 4.47. The van der Waals surface area contributed by atoms with E-state index in [2.05, 4.69) is 37.4 Å². The van der Waals surface area contributed by atoms with Gasteiger partial charge in [0.15, 0.2) is 0 Å². The van der Waals surface area contributed by atoms with Crippen molar-refractivity contribution in [3.8, 4) is 0 Å². The van der Waals surface area contributed by atoms with Crippen LogP contribution in [0.2, 0.25) is 10.0 Å². The Morgan fingerprint density at radius 2 is 1.86 bits per heavy atom. The van der Waals surface area contributed by atoms with Gasteiger partial charge in [-0.3, -0.25) is 0 Å². The molecular formula is C18H21Cl2N. The second-order valence-electron chi connectivity index (χ2n) is 5.30. The maximum atomic E-state index is 6.31. The van der Waals surface area contributed by atoms with Crippen LogP contribution in [0, 0.1) is 6.92 Å². The first-order valence-corrected chi connectivity index (χ1v) is 8.10. The molecule has 0 aliphatic carbocycles. The minimum Gasteiger partial charge on any atom is -0.310 e. The van der Waals surface area contributed by atoms with Crippen LogP contribution in [-0.2, 0) is 6.42 Å². The summed E-state index contributed by atoms with van der Waals surface area (Å²) in [5.74, 6) is 0. The minimum atomic E-state index is 0.226. The molecule has 0 radical (unpaired) electrons. The van der Waals surface area contributed by atoms with Gasteiger partial charge in [-0.1, -0.05) is 54.4 Å². The molecule has 3 heteroatoms. The molecule has 0 heterocycles. The molecule has 2 aromatic carbocycles. The lowest BCUT2D eigenvalue weighted by atomic mass is 9.95. The second kappa shape index (κ2) is 7.84. The van der Waals surface area contributed by atoms with Crippen molar-refractivity contribution in [1.29, 1.82) is 0 Å². The highest BCUT2D eigenvalue weighted by Crippen LogP contribution is 2.27. The minimum absolute atomic E-state index is 0.226. The van der Waals surface area contributed by atoms with Gasteiger partial charge in [-0.25, -0.2) is 0 Å². The van der Waals surface area contributed by atoms with Crippen LogP contribution in [0.4, 0.5) is 0 Å². The highest BCUT2D eigenvalue weighted by molar-refractivity contribution is 6.31. The van der Waals surface area contributed by atoms with Crippen molar-refractivity contribution in [2.24, 2.45) is 0 Å². The molecular weight excluding hydrogens is 301 g/mol. The van der Waals surface area contributed by atoms with Gasteiger partial charge < -0.3 is 5.32 Å². The summed E-state index contributed by atoms with van der Waals surface area (Å²) >= 11 is 12.5. The molecule has 1 nitrogen and oxygen atoms in total. The molecule has 0 fully saturated rings. The fraction of sp³-hybridized carbons (Fsp3) is 0.333. The van der Waals surface area contributed by atoms with Crippen LogP contribution in [0.25, 0.3) is 0 Å². The first kappa shape index (κ1) is 16.4. The molecule has 1 N–H and O–H groups in total. The summed E-state index contributed by atoms with van der Waals surface area (Å²) in [5, 5.41) is 5.21. The summed E-state index contributed by atoms with van der Waals surface area (Å²) in [6, 6.07) is 14.3. The van der Waals surface area contributed by atoms with Crippen molar-refractivity contribution in [2.45, 2.75) is 32.7 Å². The lowest BCUT2D eigenvalue weighted by molar-refractivity contribution is 0.527. The summed E-state index contributed by atoms with van der Waals surface area (Å²) in [5.41, 5.74) is 3.66. The number of aryl methyl sites for hydroxylation is 1. The topological polar surface area (TPSA) is 12.0 Å². The van der Waals surface area contributed by atoms with Crippen LogP contribution in [0.15, 0.2) is 42.5 Å². The van der Waals surface area contributed by atoms with Crippen LogP contribution in [0.3, 0.4) is 0 Å². The van der Waals surface area contributed by atoms with Crippen molar-refractivity contribution in [1.82, 2.24) is 5.32 Å². The zero-order valence-corrected chi connectivity index (χ0v) is 14.0. The van der Waals surface area contributed by atoms with E-state index in [-0.39, 0.29) is 6.04 Å². The number of rotatable bonds is 6. The molecule has 0 saturated heterocycles. The van der Waals surface area contributed by atoms with E-state index in [0.717, 1.165) is 35.0 Å². The predicted molar refractivity (Wildman–Crippen MR) is 92.4 cm³/mol. The summed E-state index contributed by atoms with van der Waals surface area (Å²) in [4.78, 5) is 0. The average Bonchev–Trinajstić information content (AvgIpc) is 2.48. The molecule has 2 rings (SSSR count). The fourth-order valence-electron chi connectivity index (χ4n) is 2.48. The quantitative estimate of drug-likeness (QED) is 0.731. The first-order chi connectivity index (χ1) is 10.1. The molecule has 1 unspecified atom stereocenters. The standard InChI is InChI=1S/C18H21Cl2N/c1-3-10-21-18(11-14-6-4-5-7-17(14)20)16-12-15(19)9-8-13(16)2/h4-9,12,18,21H,3,10-11H2,1-2H3. The van der Waals surface area contributed by atoms with E-state index in [9.17, 15) is 0 Å². The van der Waals surface area contributed by atoms with Crippen molar-refractivity contribution in [3.63, 3.8) is 0 Å². The Morgan fingerprint density at radius 3 is 2.57 bits per heavy atom. The molecule has 0 saturated carbocycles. The maximum Gasteiger partial charge on any atom is 0.0438 e. The number of benzene rings is 2. The largest absolute Gasteiger partial charge is 0.310 e. The monoisotopic (exact) mass is 321 g/mol. The Labute approximate surface area is 137 Å². The SMILES string of the molecule is CCCNC(Cc1ccccc1Cl)c1cc(Cl)ccc1C. The van der Waals surface area contributed by atoms with Crippen LogP contribution in [0.1, 0.15) is 36.1 Å². The van der Waals surface area contributed by atoms with Crippen molar-refractivity contribution in [2.75, 3.05) is 6.54 Å². The van der Waals surface area contributed by atoms with Gasteiger partial charge in [-0.15, -0.1) is 0 Å². The number of hydrogen-bond donors (Lipinski definition) is 1. The van der Waals surface area contributed by atoms with E-state index in [1.807, 2.05) is 24.3 Å². The molecule has 0 aliphatic rings. The van der Waals surface area contributed by atoms with Gasteiger partial charge in [0.2, 0.25) is 0 Å². The molecule has 2 aromatic rings. The Morgan fingerprint density at radius 1 is 1.10 bits per heavy atom. The van der Waals surface area contributed by atoms with E-state index in [1.165, 1.54) is 11.1 Å². The summed E-state index contributed by atoms with van der Waals surface area (Å²) in [7, 11) is 0. The van der Waals surface area contributed by atoms with Crippen LogP contribution in [-0.4, -0.2) is 6.54 Å². The van der Waals surface area contributed by atoms with Gasteiger partial charge in [-0.05, 0) is 61.2 Å². The first-order valence-electron chi connectivity index (χ1n) is 7.34. The fourth-order valence-corrected chi connectivity index (χ4v) is 2.87. The number of nitrogens with one attached hydrogen (secondary N) is 1. The highest BCUT2D eigenvalue weighted by atomic mass is 35.5. The highest BCUT2D eigenvalue weighted by Gasteiger charge is 2.15. The van der Waals surface area contributed by atoms with Crippen molar-refractivity contribution >= 4 is 23.2 Å². The zero-order valence-electron chi connectivity index (χ0n) is 12.5. The summed E-state index contributed by atoms with van der Waals surface area (Å²) in [6.45, 7) is 5.27. The van der Waals surface area contributed by atoms with Gasteiger partial charge in [0.25, 0.3) is 0 Å². The van der Waals surface area contributed by atoms with Crippen LogP contribution in [0.5, 0.6) is 0 Å². The Balaban J connectivity index is 2.30. The molecule has 0 aliphatic heterocycles. The third-order valence-electron chi connectivity index (χ3n) is 3.64. The number of hydrogen-bond acceptors (Lipinski definition) is 1. The third-order valence-corrected chi connectivity index (χ3v) is 4.24. The lowest BCUT2D eigenvalue weighted by Crippen LogP contribution is -2.25. The second-order valence-corrected chi connectivity index (χ2v) is 6.15. The van der Waals surface area contributed by atoms with E-state index in [1.54, 1.807) is 0 Å². The molecule has 112 valence electrons. The van der Waals surface area contributed by atoms with Crippen LogP contribution < -0.4 is 5.32 Å². The van der Waals surface area contributed by atoms with Crippen molar-refractivity contribution < 1.29 is 0 Å². The lowest BCUT2D eigenvalue weighted by Gasteiger charge is -2.22. The predicted octanol–water partition coefficient (Wildman–Crippen LogP) is 5.59. The van der Waals surface area contributed by atoms with Gasteiger partial charge >= 0.3 is 0 Å². The number of halogens is 2.